The number of rotatable bonds is 5. The summed E-state index contributed by atoms with van der Waals surface area (Å²) in [6.45, 7) is 2.02. The minimum Gasteiger partial charge on any atom is -0.396 e. The van der Waals surface area contributed by atoms with Gasteiger partial charge in [0.2, 0.25) is 0 Å². The Hall–Kier alpha value is -1.94. The maximum atomic E-state index is 9.29. The van der Waals surface area contributed by atoms with Crippen molar-refractivity contribution in [1.29, 1.82) is 0 Å². The molecule has 4 nitrogen and oxygen atoms in total. The lowest BCUT2D eigenvalue weighted by atomic mass is 10.0. The Labute approximate surface area is 113 Å². The zero-order valence-electron chi connectivity index (χ0n) is 11.3. The van der Waals surface area contributed by atoms with Crippen LogP contribution in [0.25, 0.3) is 0 Å². The number of hydrogen-bond donors (Lipinski definition) is 1. The van der Waals surface area contributed by atoms with Gasteiger partial charge in [-0.25, -0.2) is 9.97 Å². The molecule has 0 aliphatic heterocycles. The molecular weight excluding hydrogens is 238 g/mol. The highest BCUT2D eigenvalue weighted by Gasteiger charge is 2.17. The maximum absolute atomic E-state index is 9.29. The normalized spacial score (nSPS) is 12.2. The molecule has 0 amide bonds. The first-order valence-electron chi connectivity index (χ1n) is 6.40. The fraction of sp³-hybridized carbons (Fsp3) is 0.333. The lowest BCUT2D eigenvalue weighted by Crippen LogP contribution is -2.26. The van der Waals surface area contributed by atoms with Gasteiger partial charge in [0.1, 0.15) is 11.6 Å². The van der Waals surface area contributed by atoms with Gasteiger partial charge in [-0.2, -0.15) is 0 Å². The van der Waals surface area contributed by atoms with Crippen LogP contribution >= 0.6 is 0 Å². The Kier molecular flexibility index (Phi) is 4.47. The van der Waals surface area contributed by atoms with Crippen molar-refractivity contribution < 1.29 is 5.11 Å². The van der Waals surface area contributed by atoms with Gasteiger partial charge < -0.3 is 10.0 Å². The molecular formula is C15H19N3O. The van der Waals surface area contributed by atoms with E-state index in [9.17, 15) is 5.11 Å². The summed E-state index contributed by atoms with van der Waals surface area (Å²) in [6, 6.07) is 12.2. The van der Waals surface area contributed by atoms with Gasteiger partial charge in [-0.3, -0.25) is 0 Å². The number of nitrogens with zero attached hydrogens (tertiary/aromatic N) is 3. The van der Waals surface area contributed by atoms with Gasteiger partial charge in [-0.05, 0) is 25.0 Å². The van der Waals surface area contributed by atoms with Crippen LogP contribution in [0.3, 0.4) is 0 Å². The predicted octanol–water partition coefficient (Wildman–Crippen LogP) is 2.34. The zero-order valence-corrected chi connectivity index (χ0v) is 11.3. The highest BCUT2D eigenvalue weighted by Crippen LogP contribution is 2.26. The number of hydrogen-bond acceptors (Lipinski definition) is 4. The summed E-state index contributed by atoms with van der Waals surface area (Å²) in [5.74, 6) is 1.62. The number of anilines is 1. The number of aryl methyl sites for hydroxylation is 1. The first-order chi connectivity index (χ1) is 9.22. The van der Waals surface area contributed by atoms with Crippen molar-refractivity contribution in [3.8, 4) is 0 Å². The van der Waals surface area contributed by atoms with Crippen molar-refractivity contribution in [2.24, 2.45) is 0 Å². The van der Waals surface area contributed by atoms with E-state index >= 15 is 0 Å². The summed E-state index contributed by atoms with van der Waals surface area (Å²) in [7, 11) is 2.00. The standard InChI is InChI=1S/C15H19N3O/c1-12-16-10-8-15(17-12)18(2)14(9-11-19)13-6-4-3-5-7-13/h3-8,10,14,19H,9,11H2,1-2H3. The Balaban J connectivity index is 2.29. The van der Waals surface area contributed by atoms with Gasteiger partial charge in [-0.1, -0.05) is 30.3 Å². The zero-order chi connectivity index (χ0) is 13.7. The molecule has 0 fully saturated rings. The molecule has 1 unspecified atom stereocenters. The Bertz CT molecular complexity index is 516. The number of aromatic nitrogens is 2. The third-order valence-electron chi connectivity index (χ3n) is 3.18. The van der Waals surface area contributed by atoms with Gasteiger partial charge in [0.25, 0.3) is 0 Å². The van der Waals surface area contributed by atoms with Crippen molar-refractivity contribution in [1.82, 2.24) is 9.97 Å². The van der Waals surface area contributed by atoms with Crippen LogP contribution in [0.1, 0.15) is 23.9 Å². The molecule has 19 heavy (non-hydrogen) atoms. The van der Waals surface area contributed by atoms with Crippen LogP contribution in [-0.4, -0.2) is 28.7 Å². The summed E-state index contributed by atoms with van der Waals surface area (Å²) in [4.78, 5) is 10.6. The minimum atomic E-state index is 0.112. The Morgan fingerprint density at radius 2 is 1.95 bits per heavy atom. The van der Waals surface area contributed by atoms with E-state index in [1.54, 1.807) is 6.20 Å². The molecule has 0 saturated heterocycles. The number of aliphatic hydroxyl groups excluding tert-OH is 1. The van der Waals surface area contributed by atoms with Gasteiger partial charge in [0.05, 0.1) is 6.04 Å². The molecule has 0 aliphatic carbocycles. The van der Waals surface area contributed by atoms with Crippen molar-refractivity contribution in [2.75, 3.05) is 18.6 Å². The van der Waals surface area contributed by atoms with Crippen molar-refractivity contribution in [2.45, 2.75) is 19.4 Å². The van der Waals surface area contributed by atoms with Gasteiger partial charge >= 0.3 is 0 Å². The van der Waals surface area contributed by atoms with Crippen LogP contribution < -0.4 is 4.90 Å². The van der Waals surface area contributed by atoms with Crippen molar-refractivity contribution in [3.05, 3.63) is 54.0 Å². The highest BCUT2D eigenvalue weighted by atomic mass is 16.3. The molecule has 0 spiro atoms. The Morgan fingerprint density at radius 3 is 2.58 bits per heavy atom. The molecule has 0 aliphatic rings. The topological polar surface area (TPSA) is 49.2 Å². The molecule has 2 rings (SSSR count). The smallest absolute Gasteiger partial charge is 0.132 e. The lowest BCUT2D eigenvalue weighted by molar-refractivity contribution is 0.274. The summed E-state index contributed by atoms with van der Waals surface area (Å²) in [5.41, 5.74) is 1.18. The predicted molar refractivity (Wildman–Crippen MR) is 76.1 cm³/mol. The van der Waals surface area contributed by atoms with Crippen molar-refractivity contribution >= 4 is 5.82 Å². The summed E-state index contributed by atoms with van der Waals surface area (Å²) in [5, 5.41) is 9.29. The molecule has 100 valence electrons. The Morgan fingerprint density at radius 1 is 1.21 bits per heavy atom. The van der Waals surface area contributed by atoms with E-state index in [0.29, 0.717) is 6.42 Å². The third kappa shape index (κ3) is 3.29. The molecule has 1 heterocycles. The number of aliphatic hydroxyl groups is 1. The van der Waals surface area contributed by atoms with Gasteiger partial charge in [0, 0.05) is 19.9 Å². The molecule has 0 saturated carbocycles. The maximum Gasteiger partial charge on any atom is 0.132 e. The van der Waals surface area contributed by atoms with E-state index in [4.69, 9.17) is 0 Å². The fourth-order valence-electron chi connectivity index (χ4n) is 2.18. The van der Waals surface area contributed by atoms with Gasteiger partial charge in [0.15, 0.2) is 0 Å². The summed E-state index contributed by atoms with van der Waals surface area (Å²) >= 11 is 0. The quantitative estimate of drug-likeness (QED) is 0.893. The van der Waals surface area contributed by atoms with Crippen LogP contribution in [0.2, 0.25) is 0 Å². The molecule has 1 N–H and O–H groups in total. The average molecular weight is 257 g/mol. The van der Waals surface area contributed by atoms with E-state index in [0.717, 1.165) is 11.6 Å². The van der Waals surface area contributed by atoms with Crippen LogP contribution in [-0.2, 0) is 0 Å². The molecule has 2 aromatic rings. The molecule has 0 bridgehead atoms. The molecule has 0 radical (unpaired) electrons. The lowest BCUT2D eigenvalue weighted by Gasteiger charge is -2.29. The largest absolute Gasteiger partial charge is 0.396 e. The molecule has 4 heteroatoms. The second-order valence-corrected chi connectivity index (χ2v) is 4.51. The first kappa shape index (κ1) is 13.5. The SMILES string of the molecule is Cc1nccc(N(C)C(CCO)c2ccccc2)n1. The third-order valence-corrected chi connectivity index (χ3v) is 3.18. The monoisotopic (exact) mass is 257 g/mol. The summed E-state index contributed by atoms with van der Waals surface area (Å²) in [6.07, 6.45) is 2.43. The molecule has 1 atom stereocenters. The fourth-order valence-corrected chi connectivity index (χ4v) is 2.18. The van der Waals surface area contributed by atoms with E-state index < -0.39 is 0 Å². The van der Waals surface area contributed by atoms with Crippen molar-refractivity contribution in [3.63, 3.8) is 0 Å². The molecule has 1 aromatic heterocycles. The average Bonchev–Trinajstić information content (AvgIpc) is 2.45. The van der Waals surface area contributed by atoms with Crippen LogP contribution in [0.5, 0.6) is 0 Å². The first-order valence-corrected chi connectivity index (χ1v) is 6.40. The van der Waals surface area contributed by atoms with Gasteiger partial charge in [-0.15, -0.1) is 0 Å². The van der Waals surface area contributed by atoms with E-state index in [1.165, 1.54) is 5.56 Å². The second-order valence-electron chi connectivity index (χ2n) is 4.51. The highest BCUT2D eigenvalue weighted by molar-refractivity contribution is 5.40. The summed E-state index contributed by atoms with van der Waals surface area (Å²) < 4.78 is 0. The van der Waals surface area contributed by atoms with Crippen LogP contribution in [0, 0.1) is 6.92 Å². The van der Waals surface area contributed by atoms with E-state index in [-0.39, 0.29) is 12.6 Å². The van der Waals surface area contributed by atoms with Crippen LogP contribution in [0.4, 0.5) is 5.82 Å². The molecule has 1 aromatic carbocycles. The van der Waals surface area contributed by atoms with Crippen LogP contribution in [0.15, 0.2) is 42.6 Å². The number of benzene rings is 1. The van der Waals surface area contributed by atoms with E-state index in [2.05, 4.69) is 27.0 Å². The minimum absolute atomic E-state index is 0.112. The second kappa shape index (κ2) is 6.29. The van der Waals surface area contributed by atoms with E-state index in [1.807, 2.05) is 38.2 Å².